The molecule has 1 unspecified atom stereocenters. The summed E-state index contributed by atoms with van der Waals surface area (Å²) in [6.45, 7) is 24.1. The number of nitrogens with two attached hydrogens (primary N) is 1. The number of hydrogen-bond donors (Lipinski definition) is 3. The number of ether oxygens (including phenoxy) is 1. The van der Waals surface area contributed by atoms with Crippen LogP contribution in [0.2, 0.25) is 0 Å². The minimum Gasteiger partial charge on any atom is -0.374 e. The Morgan fingerprint density at radius 1 is 1.00 bits per heavy atom. The lowest BCUT2D eigenvalue weighted by Gasteiger charge is -2.35. The van der Waals surface area contributed by atoms with Gasteiger partial charge in [-0.15, -0.1) is 0 Å². The summed E-state index contributed by atoms with van der Waals surface area (Å²) in [4.78, 5) is 12.7. The first-order valence-electron chi connectivity index (χ1n) is 12.3. The van der Waals surface area contributed by atoms with E-state index in [2.05, 4.69) is 65.7 Å². The molecule has 0 aromatic heterocycles. The molecule has 0 aliphatic carbocycles. The maximum atomic E-state index is 12.7. The van der Waals surface area contributed by atoms with E-state index in [1.807, 2.05) is 6.92 Å². The first-order valence-corrected chi connectivity index (χ1v) is 12.3. The fourth-order valence-corrected chi connectivity index (χ4v) is 3.49. The van der Waals surface area contributed by atoms with Crippen molar-refractivity contribution in [3.63, 3.8) is 0 Å². The zero-order chi connectivity index (χ0) is 24.1. The van der Waals surface area contributed by atoms with Crippen molar-refractivity contribution < 1.29 is 9.53 Å². The Kier molecular flexibility index (Phi) is 14.1. The lowest BCUT2D eigenvalue weighted by Crippen LogP contribution is -2.51. The van der Waals surface area contributed by atoms with Crippen molar-refractivity contribution in [1.82, 2.24) is 10.6 Å². The van der Waals surface area contributed by atoms with Crippen molar-refractivity contribution in [2.75, 3.05) is 26.3 Å². The molecule has 0 aromatic carbocycles. The number of rotatable bonds is 17. The molecule has 2 atom stereocenters. The smallest absolute Gasteiger partial charge is 0.178 e. The molecule has 0 fully saturated rings. The highest BCUT2D eigenvalue weighted by Gasteiger charge is 2.30. The molecule has 5 heteroatoms. The lowest BCUT2D eigenvalue weighted by molar-refractivity contribution is -0.129. The third-order valence-electron chi connectivity index (χ3n) is 5.97. The Bertz CT molecular complexity index is 520. The van der Waals surface area contributed by atoms with Crippen molar-refractivity contribution in [2.45, 2.75) is 117 Å². The van der Waals surface area contributed by atoms with Crippen LogP contribution in [-0.2, 0) is 9.53 Å². The minimum absolute atomic E-state index is 0.0502. The van der Waals surface area contributed by atoms with Crippen molar-refractivity contribution in [3.8, 4) is 0 Å². The van der Waals surface area contributed by atoms with Gasteiger partial charge in [0.05, 0.1) is 5.54 Å². The van der Waals surface area contributed by atoms with Gasteiger partial charge in [-0.2, -0.15) is 0 Å². The van der Waals surface area contributed by atoms with Crippen molar-refractivity contribution in [2.24, 2.45) is 11.1 Å². The maximum absolute atomic E-state index is 12.7. The predicted molar refractivity (Wildman–Crippen MR) is 135 cm³/mol. The molecule has 0 aliphatic heterocycles. The SMILES string of the molecule is C=C([C@H](CCCCNC(C)(CC)C(=O)COCCCCCN)NC(C)(C)C)C(C)(C)C. The Morgan fingerprint density at radius 2 is 1.65 bits per heavy atom. The molecular formula is C26H53N3O2. The second-order valence-corrected chi connectivity index (χ2v) is 11.2. The zero-order valence-corrected chi connectivity index (χ0v) is 22.0. The summed E-state index contributed by atoms with van der Waals surface area (Å²) in [5.74, 6) is 0.141. The van der Waals surface area contributed by atoms with Crippen LogP contribution in [0.15, 0.2) is 12.2 Å². The van der Waals surface area contributed by atoms with E-state index in [0.29, 0.717) is 19.2 Å². The van der Waals surface area contributed by atoms with E-state index < -0.39 is 5.54 Å². The topological polar surface area (TPSA) is 76.4 Å². The van der Waals surface area contributed by atoms with Gasteiger partial charge in [-0.1, -0.05) is 46.3 Å². The molecule has 31 heavy (non-hydrogen) atoms. The zero-order valence-electron chi connectivity index (χ0n) is 22.0. The first kappa shape index (κ1) is 30.2. The first-order chi connectivity index (χ1) is 14.3. The van der Waals surface area contributed by atoms with Gasteiger partial charge < -0.3 is 21.1 Å². The third-order valence-corrected chi connectivity index (χ3v) is 5.97. The van der Waals surface area contributed by atoms with Crippen LogP contribution in [0.4, 0.5) is 0 Å². The number of carbonyl (C=O) groups is 1. The Balaban J connectivity index is 4.47. The van der Waals surface area contributed by atoms with Gasteiger partial charge in [0.2, 0.25) is 0 Å². The summed E-state index contributed by atoms with van der Waals surface area (Å²) in [6, 6.07) is 0.298. The fourth-order valence-electron chi connectivity index (χ4n) is 3.49. The second-order valence-electron chi connectivity index (χ2n) is 11.2. The molecule has 0 amide bonds. The van der Waals surface area contributed by atoms with Crippen LogP contribution in [-0.4, -0.2) is 49.2 Å². The van der Waals surface area contributed by atoms with E-state index in [-0.39, 0.29) is 23.3 Å². The number of Topliss-reactive ketones (excluding diaryl/α,β-unsaturated/α-hetero) is 1. The maximum Gasteiger partial charge on any atom is 0.178 e. The van der Waals surface area contributed by atoms with Gasteiger partial charge >= 0.3 is 0 Å². The van der Waals surface area contributed by atoms with Crippen LogP contribution in [0.3, 0.4) is 0 Å². The van der Waals surface area contributed by atoms with Gasteiger partial charge in [-0.05, 0) is 84.7 Å². The summed E-state index contributed by atoms with van der Waals surface area (Å²) in [6.07, 6.45) is 6.96. The highest BCUT2D eigenvalue weighted by molar-refractivity contribution is 5.89. The Morgan fingerprint density at radius 3 is 2.16 bits per heavy atom. The lowest BCUT2D eigenvalue weighted by atomic mass is 9.80. The number of unbranched alkanes of at least 4 members (excludes halogenated alkanes) is 3. The molecule has 0 spiro atoms. The molecule has 0 aromatic rings. The van der Waals surface area contributed by atoms with E-state index in [4.69, 9.17) is 10.5 Å². The average Bonchev–Trinajstić information content (AvgIpc) is 2.66. The van der Waals surface area contributed by atoms with Crippen LogP contribution in [0.5, 0.6) is 0 Å². The van der Waals surface area contributed by atoms with Gasteiger partial charge in [0, 0.05) is 18.2 Å². The van der Waals surface area contributed by atoms with Crippen molar-refractivity contribution >= 4 is 5.78 Å². The third kappa shape index (κ3) is 13.4. The molecule has 4 N–H and O–H groups in total. The van der Waals surface area contributed by atoms with E-state index in [1.54, 1.807) is 0 Å². The highest BCUT2D eigenvalue weighted by Crippen LogP contribution is 2.29. The molecular weight excluding hydrogens is 386 g/mol. The normalized spacial score (nSPS) is 15.5. The molecule has 0 saturated heterocycles. The van der Waals surface area contributed by atoms with Crippen LogP contribution in [0.1, 0.15) is 100 Å². The fraction of sp³-hybridized carbons (Fsp3) is 0.885. The number of hydrogen-bond acceptors (Lipinski definition) is 5. The molecule has 0 aliphatic rings. The van der Waals surface area contributed by atoms with E-state index in [1.165, 1.54) is 5.57 Å². The molecule has 0 radical (unpaired) electrons. The summed E-state index contributed by atoms with van der Waals surface area (Å²) in [5.41, 5.74) is 6.37. The van der Waals surface area contributed by atoms with Gasteiger partial charge in [-0.25, -0.2) is 0 Å². The van der Waals surface area contributed by atoms with E-state index >= 15 is 0 Å². The monoisotopic (exact) mass is 439 g/mol. The van der Waals surface area contributed by atoms with Gasteiger partial charge in [-0.3, -0.25) is 4.79 Å². The summed E-state index contributed by atoms with van der Waals surface area (Å²) < 4.78 is 5.61. The van der Waals surface area contributed by atoms with Gasteiger partial charge in [0.25, 0.3) is 0 Å². The molecule has 0 heterocycles. The van der Waals surface area contributed by atoms with E-state index in [9.17, 15) is 4.79 Å². The standard InChI is InChI=1S/C26H53N3O2/c1-10-26(9,23(30)20-31-19-15-11-13-17-27)28-18-14-12-16-22(29-25(6,7)8)21(2)24(3,4)5/h22,28-29H,2,10-20,27H2,1,3-9H3/t22-,26?/m0/s1. The summed E-state index contributed by atoms with van der Waals surface area (Å²) >= 11 is 0. The Hall–Kier alpha value is -0.750. The second kappa shape index (κ2) is 14.4. The molecule has 0 bridgehead atoms. The molecule has 0 saturated carbocycles. The largest absolute Gasteiger partial charge is 0.374 e. The molecule has 184 valence electrons. The molecule has 5 nitrogen and oxygen atoms in total. The van der Waals surface area contributed by atoms with E-state index in [0.717, 1.165) is 51.5 Å². The summed E-state index contributed by atoms with van der Waals surface area (Å²) in [5, 5.41) is 7.24. The summed E-state index contributed by atoms with van der Waals surface area (Å²) in [7, 11) is 0. The Labute approximate surface area is 193 Å². The predicted octanol–water partition coefficient (Wildman–Crippen LogP) is 4.99. The minimum atomic E-state index is -0.519. The van der Waals surface area contributed by atoms with Crippen molar-refractivity contribution in [1.29, 1.82) is 0 Å². The number of ketones is 1. The van der Waals surface area contributed by atoms with Gasteiger partial charge in [0.15, 0.2) is 5.78 Å². The van der Waals surface area contributed by atoms with Crippen LogP contribution >= 0.6 is 0 Å². The van der Waals surface area contributed by atoms with Crippen molar-refractivity contribution in [3.05, 3.63) is 12.2 Å². The average molecular weight is 440 g/mol. The highest BCUT2D eigenvalue weighted by atomic mass is 16.5. The van der Waals surface area contributed by atoms with Gasteiger partial charge in [0.1, 0.15) is 6.61 Å². The number of carbonyl (C=O) groups excluding carboxylic acids is 1. The van der Waals surface area contributed by atoms with Crippen LogP contribution in [0, 0.1) is 5.41 Å². The van der Waals surface area contributed by atoms with Crippen LogP contribution < -0.4 is 16.4 Å². The van der Waals surface area contributed by atoms with Crippen LogP contribution in [0.25, 0.3) is 0 Å². The molecule has 0 rings (SSSR count). The quantitative estimate of drug-likeness (QED) is 0.220. The number of nitrogens with one attached hydrogen (secondary N) is 2.